The smallest absolute Gasteiger partial charge is 0.267 e. The summed E-state index contributed by atoms with van der Waals surface area (Å²) in [5.41, 5.74) is 3.20. The van der Waals surface area contributed by atoms with Crippen LogP contribution in [0.4, 0.5) is 0 Å². The highest BCUT2D eigenvalue weighted by Gasteiger charge is 2.18. The first-order valence-electron chi connectivity index (χ1n) is 6.71. The molecule has 0 saturated heterocycles. The topological polar surface area (TPSA) is 47.8 Å². The number of hydrogen-bond donors (Lipinski definition) is 0. The van der Waals surface area contributed by atoms with Crippen LogP contribution in [0.2, 0.25) is 0 Å². The van der Waals surface area contributed by atoms with E-state index in [9.17, 15) is 4.79 Å². The number of hydrogen-bond acceptors (Lipinski definition) is 3. The third-order valence-electron chi connectivity index (χ3n) is 3.66. The Morgan fingerprint density at radius 1 is 1.47 bits per heavy atom. The van der Waals surface area contributed by atoms with Crippen LogP contribution in [0.15, 0.2) is 35.4 Å². The van der Waals surface area contributed by atoms with Gasteiger partial charge in [0, 0.05) is 18.5 Å². The molecule has 4 nitrogen and oxygen atoms in total. The van der Waals surface area contributed by atoms with Gasteiger partial charge in [-0.05, 0) is 42.4 Å². The number of pyridine rings is 1. The van der Waals surface area contributed by atoms with E-state index in [1.807, 2.05) is 12.1 Å². The van der Waals surface area contributed by atoms with Gasteiger partial charge in [-0.1, -0.05) is 13.0 Å². The SMILES string of the molecule is CC1CCc2nn(Cc3cccnc3)c(=O)cc2C1. The number of rotatable bonds is 2. The monoisotopic (exact) mass is 255 g/mol. The number of nitrogens with zero attached hydrogens (tertiary/aromatic N) is 3. The van der Waals surface area contributed by atoms with Crippen LogP contribution in [0.1, 0.15) is 30.2 Å². The lowest BCUT2D eigenvalue weighted by atomic mass is 9.88. The van der Waals surface area contributed by atoms with Crippen molar-refractivity contribution in [1.82, 2.24) is 14.8 Å². The Labute approximate surface area is 112 Å². The van der Waals surface area contributed by atoms with Gasteiger partial charge in [-0.25, -0.2) is 4.68 Å². The van der Waals surface area contributed by atoms with E-state index in [0.717, 1.165) is 36.1 Å². The minimum absolute atomic E-state index is 0.0169. The molecule has 2 heterocycles. The van der Waals surface area contributed by atoms with Crippen LogP contribution in [0.5, 0.6) is 0 Å². The molecular formula is C15H17N3O. The lowest BCUT2D eigenvalue weighted by Crippen LogP contribution is -2.28. The van der Waals surface area contributed by atoms with Gasteiger partial charge in [-0.15, -0.1) is 0 Å². The van der Waals surface area contributed by atoms with Crippen molar-refractivity contribution in [2.45, 2.75) is 32.7 Å². The van der Waals surface area contributed by atoms with E-state index in [4.69, 9.17) is 0 Å². The van der Waals surface area contributed by atoms with Crippen LogP contribution in [0.25, 0.3) is 0 Å². The third-order valence-corrected chi connectivity index (χ3v) is 3.66. The van der Waals surface area contributed by atoms with Crippen molar-refractivity contribution in [2.75, 3.05) is 0 Å². The van der Waals surface area contributed by atoms with E-state index < -0.39 is 0 Å². The van der Waals surface area contributed by atoms with E-state index in [0.29, 0.717) is 12.5 Å². The lowest BCUT2D eigenvalue weighted by molar-refractivity contribution is 0.475. The lowest BCUT2D eigenvalue weighted by Gasteiger charge is -2.20. The van der Waals surface area contributed by atoms with Gasteiger partial charge >= 0.3 is 0 Å². The maximum atomic E-state index is 12.1. The molecule has 0 aromatic carbocycles. The summed E-state index contributed by atoms with van der Waals surface area (Å²) >= 11 is 0. The predicted molar refractivity (Wildman–Crippen MR) is 73.0 cm³/mol. The summed E-state index contributed by atoms with van der Waals surface area (Å²) in [6.07, 6.45) is 6.61. The van der Waals surface area contributed by atoms with Gasteiger partial charge in [-0.3, -0.25) is 9.78 Å². The molecular weight excluding hydrogens is 238 g/mol. The molecule has 1 aliphatic carbocycles. The summed E-state index contributed by atoms with van der Waals surface area (Å²) in [4.78, 5) is 16.1. The first-order valence-corrected chi connectivity index (χ1v) is 6.71. The molecule has 0 aliphatic heterocycles. The Morgan fingerprint density at radius 2 is 2.37 bits per heavy atom. The highest BCUT2D eigenvalue weighted by atomic mass is 16.1. The predicted octanol–water partition coefficient (Wildman–Crippen LogP) is 1.81. The molecule has 0 amide bonds. The Bertz CT molecular complexity index is 634. The second-order valence-corrected chi connectivity index (χ2v) is 5.32. The van der Waals surface area contributed by atoms with E-state index in [2.05, 4.69) is 17.0 Å². The Hall–Kier alpha value is -1.97. The van der Waals surface area contributed by atoms with Gasteiger partial charge in [0.25, 0.3) is 5.56 Å². The number of fused-ring (bicyclic) bond motifs is 1. The normalized spacial score (nSPS) is 18.1. The fraction of sp³-hybridized carbons (Fsp3) is 0.400. The maximum absolute atomic E-state index is 12.1. The van der Waals surface area contributed by atoms with Crippen LogP contribution < -0.4 is 5.56 Å². The maximum Gasteiger partial charge on any atom is 0.267 e. The average molecular weight is 255 g/mol. The number of aryl methyl sites for hydroxylation is 1. The van der Waals surface area contributed by atoms with Gasteiger partial charge in [0.2, 0.25) is 0 Å². The third kappa shape index (κ3) is 2.57. The summed E-state index contributed by atoms with van der Waals surface area (Å²) in [5, 5.41) is 4.52. The highest BCUT2D eigenvalue weighted by Crippen LogP contribution is 2.22. The van der Waals surface area contributed by atoms with Crippen LogP contribution >= 0.6 is 0 Å². The van der Waals surface area contributed by atoms with Crippen molar-refractivity contribution >= 4 is 0 Å². The fourth-order valence-electron chi connectivity index (χ4n) is 2.59. The molecule has 0 bridgehead atoms. The van der Waals surface area contributed by atoms with Crippen molar-refractivity contribution < 1.29 is 0 Å². The molecule has 3 rings (SSSR count). The molecule has 98 valence electrons. The van der Waals surface area contributed by atoms with Crippen molar-refractivity contribution in [3.05, 3.63) is 57.8 Å². The molecule has 0 radical (unpaired) electrons. The second-order valence-electron chi connectivity index (χ2n) is 5.32. The van der Waals surface area contributed by atoms with Gasteiger partial charge < -0.3 is 0 Å². The second kappa shape index (κ2) is 4.96. The van der Waals surface area contributed by atoms with Gasteiger partial charge in [0.1, 0.15) is 0 Å². The van der Waals surface area contributed by atoms with Crippen LogP contribution in [0.3, 0.4) is 0 Å². The summed E-state index contributed by atoms with van der Waals surface area (Å²) in [7, 11) is 0. The first kappa shape index (κ1) is 12.1. The molecule has 1 unspecified atom stereocenters. The molecule has 1 atom stereocenters. The van der Waals surface area contributed by atoms with Crippen molar-refractivity contribution in [3.8, 4) is 0 Å². The zero-order valence-corrected chi connectivity index (χ0v) is 11.0. The molecule has 0 spiro atoms. The quantitative estimate of drug-likeness (QED) is 0.822. The van der Waals surface area contributed by atoms with Crippen molar-refractivity contribution in [1.29, 1.82) is 0 Å². The highest BCUT2D eigenvalue weighted by molar-refractivity contribution is 5.21. The van der Waals surface area contributed by atoms with Crippen LogP contribution in [0, 0.1) is 5.92 Å². The molecule has 2 aromatic heterocycles. The van der Waals surface area contributed by atoms with Crippen LogP contribution in [-0.2, 0) is 19.4 Å². The summed E-state index contributed by atoms with van der Waals surface area (Å²) in [6.45, 7) is 2.72. The molecule has 0 fully saturated rings. The Kier molecular flexibility index (Phi) is 3.15. The first-order chi connectivity index (χ1) is 9.22. The van der Waals surface area contributed by atoms with Crippen molar-refractivity contribution in [3.63, 3.8) is 0 Å². The zero-order valence-electron chi connectivity index (χ0n) is 11.0. The average Bonchev–Trinajstić information content (AvgIpc) is 2.41. The Morgan fingerprint density at radius 3 is 3.16 bits per heavy atom. The zero-order chi connectivity index (χ0) is 13.2. The minimum Gasteiger partial charge on any atom is -0.268 e. The molecule has 19 heavy (non-hydrogen) atoms. The molecule has 1 aliphatic rings. The van der Waals surface area contributed by atoms with E-state index >= 15 is 0 Å². The standard InChI is InChI=1S/C15H17N3O/c1-11-4-5-14-13(7-11)8-15(19)18(17-14)10-12-3-2-6-16-9-12/h2-3,6,8-9,11H,4-5,7,10H2,1H3. The molecule has 4 heteroatoms. The number of aromatic nitrogens is 3. The van der Waals surface area contributed by atoms with E-state index in [1.165, 1.54) is 0 Å². The fourth-order valence-corrected chi connectivity index (χ4v) is 2.59. The van der Waals surface area contributed by atoms with Gasteiger partial charge in [0.05, 0.1) is 12.2 Å². The van der Waals surface area contributed by atoms with Crippen molar-refractivity contribution in [2.24, 2.45) is 5.92 Å². The molecule has 0 N–H and O–H groups in total. The summed E-state index contributed by atoms with van der Waals surface area (Å²) in [6, 6.07) is 5.59. The van der Waals surface area contributed by atoms with Gasteiger partial charge in [0.15, 0.2) is 0 Å². The summed E-state index contributed by atoms with van der Waals surface area (Å²) in [5.74, 6) is 0.655. The Balaban J connectivity index is 1.93. The van der Waals surface area contributed by atoms with E-state index in [-0.39, 0.29) is 5.56 Å². The molecule has 0 saturated carbocycles. The van der Waals surface area contributed by atoms with Crippen LogP contribution in [-0.4, -0.2) is 14.8 Å². The van der Waals surface area contributed by atoms with Gasteiger partial charge in [-0.2, -0.15) is 5.10 Å². The minimum atomic E-state index is -0.0169. The van der Waals surface area contributed by atoms with E-state index in [1.54, 1.807) is 23.1 Å². The summed E-state index contributed by atoms with van der Waals surface area (Å²) < 4.78 is 1.55. The molecule has 2 aromatic rings. The largest absolute Gasteiger partial charge is 0.268 e.